The van der Waals surface area contributed by atoms with Gasteiger partial charge in [-0.2, -0.15) is 0 Å². The predicted molar refractivity (Wildman–Crippen MR) is 126 cm³/mol. The monoisotopic (exact) mass is 469 g/mol. The number of halogens is 2. The average molecular weight is 470 g/mol. The zero-order valence-corrected chi connectivity index (χ0v) is 19.1. The maximum atomic E-state index is 14.8. The second-order valence-electron chi connectivity index (χ2n) is 8.71. The molecule has 3 heterocycles. The molecule has 0 amide bonds. The highest BCUT2D eigenvalue weighted by molar-refractivity contribution is 6.33. The molecular formula is C24H25ClFN5O2. The second-order valence-corrected chi connectivity index (χ2v) is 9.12. The fraction of sp³-hybridized carbons (Fsp3) is 0.375. The van der Waals surface area contributed by atoms with Crippen molar-refractivity contribution in [2.45, 2.75) is 25.2 Å². The van der Waals surface area contributed by atoms with E-state index in [1.807, 2.05) is 17.9 Å². The number of hydrogen-bond acceptors (Lipinski definition) is 7. The van der Waals surface area contributed by atoms with Gasteiger partial charge < -0.3 is 20.1 Å². The van der Waals surface area contributed by atoms with Crippen LogP contribution in [0.4, 0.5) is 21.7 Å². The van der Waals surface area contributed by atoms with Gasteiger partial charge in [0.15, 0.2) is 0 Å². The van der Waals surface area contributed by atoms with Gasteiger partial charge in [-0.15, -0.1) is 0 Å². The van der Waals surface area contributed by atoms with E-state index in [1.54, 1.807) is 24.5 Å². The molecule has 33 heavy (non-hydrogen) atoms. The van der Waals surface area contributed by atoms with Crippen LogP contribution in [-0.4, -0.2) is 53.0 Å². The Labute approximate surface area is 196 Å². The third kappa shape index (κ3) is 4.26. The highest BCUT2D eigenvalue weighted by Gasteiger charge is 2.35. The van der Waals surface area contributed by atoms with Crippen molar-refractivity contribution in [2.24, 2.45) is 0 Å². The van der Waals surface area contributed by atoms with E-state index in [1.165, 1.54) is 6.07 Å². The first kappa shape index (κ1) is 22.0. The molecule has 1 aliphatic carbocycles. The number of aliphatic hydroxyl groups excluding tert-OH is 1. The number of fused-ring (bicyclic) bond motifs is 1. The van der Waals surface area contributed by atoms with Crippen molar-refractivity contribution in [1.29, 1.82) is 0 Å². The zero-order valence-electron chi connectivity index (χ0n) is 18.3. The molecule has 1 fully saturated rings. The van der Waals surface area contributed by atoms with Gasteiger partial charge >= 0.3 is 0 Å². The summed E-state index contributed by atoms with van der Waals surface area (Å²) in [6.45, 7) is 4.49. The van der Waals surface area contributed by atoms with Gasteiger partial charge in [0.25, 0.3) is 0 Å². The molecule has 5 rings (SSSR count). The highest BCUT2D eigenvalue weighted by atomic mass is 35.5. The number of aromatic nitrogens is 3. The van der Waals surface area contributed by atoms with Crippen molar-refractivity contribution >= 4 is 28.9 Å². The maximum Gasteiger partial charge on any atom is 0.227 e. The van der Waals surface area contributed by atoms with E-state index in [4.69, 9.17) is 16.3 Å². The SMILES string of the molecule is CC1(CO)CCc2ncc(-c3ccnc(Nc4cc(F)c(N5CCOCC5)cc4Cl)n3)cc21. The Morgan fingerprint density at radius 3 is 2.85 bits per heavy atom. The Balaban J connectivity index is 1.41. The molecule has 0 saturated carbocycles. The van der Waals surface area contributed by atoms with Crippen LogP contribution in [0, 0.1) is 5.82 Å². The molecule has 3 aromatic rings. The number of hydrogen-bond donors (Lipinski definition) is 2. The van der Waals surface area contributed by atoms with Crippen LogP contribution in [-0.2, 0) is 16.6 Å². The van der Waals surface area contributed by atoms with Crippen LogP contribution in [0.3, 0.4) is 0 Å². The van der Waals surface area contributed by atoms with Gasteiger partial charge in [0.2, 0.25) is 5.95 Å². The summed E-state index contributed by atoms with van der Waals surface area (Å²) in [4.78, 5) is 15.4. The first-order valence-electron chi connectivity index (χ1n) is 11.0. The number of benzene rings is 1. The topological polar surface area (TPSA) is 83.4 Å². The van der Waals surface area contributed by atoms with Gasteiger partial charge in [-0.1, -0.05) is 18.5 Å². The van der Waals surface area contributed by atoms with Crippen LogP contribution in [0.25, 0.3) is 11.3 Å². The molecule has 1 saturated heterocycles. The minimum absolute atomic E-state index is 0.0756. The molecule has 1 aromatic carbocycles. The van der Waals surface area contributed by atoms with Crippen molar-refractivity contribution in [2.75, 3.05) is 43.1 Å². The Bertz CT molecular complexity index is 1190. The molecule has 2 N–H and O–H groups in total. The smallest absolute Gasteiger partial charge is 0.227 e. The van der Waals surface area contributed by atoms with Crippen molar-refractivity contribution in [1.82, 2.24) is 15.0 Å². The molecule has 0 bridgehead atoms. The number of aliphatic hydroxyl groups is 1. The number of rotatable bonds is 5. The van der Waals surface area contributed by atoms with Crippen LogP contribution >= 0.6 is 11.6 Å². The van der Waals surface area contributed by atoms with Crippen molar-refractivity contribution in [3.63, 3.8) is 0 Å². The van der Waals surface area contributed by atoms with E-state index in [9.17, 15) is 9.50 Å². The summed E-state index contributed by atoms with van der Waals surface area (Å²) in [5.41, 5.74) is 4.14. The van der Waals surface area contributed by atoms with Crippen molar-refractivity contribution in [3.05, 3.63) is 58.8 Å². The van der Waals surface area contributed by atoms with Gasteiger partial charge in [-0.05, 0) is 36.6 Å². The number of nitrogens with one attached hydrogen (secondary N) is 1. The van der Waals surface area contributed by atoms with E-state index in [0.717, 1.165) is 29.7 Å². The molecule has 2 aromatic heterocycles. The quantitative estimate of drug-likeness (QED) is 0.581. The van der Waals surface area contributed by atoms with Gasteiger partial charge in [0.1, 0.15) is 5.82 Å². The van der Waals surface area contributed by atoms with E-state index >= 15 is 0 Å². The Morgan fingerprint density at radius 2 is 2.06 bits per heavy atom. The third-order valence-corrected chi connectivity index (χ3v) is 6.78. The highest BCUT2D eigenvalue weighted by Crippen LogP contribution is 2.39. The Kier molecular flexibility index (Phi) is 5.90. The first-order valence-corrected chi connectivity index (χ1v) is 11.4. The third-order valence-electron chi connectivity index (χ3n) is 6.47. The molecule has 0 radical (unpaired) electrons. The minimum Gasteiger partial charge on any atom is -0.395 e. The normalized spacial score (nSPS) is 20.1. The summed E-state index contributed by atoms with van der Waals surface area (Å²) in [7, 11) is 0. The number of anilines is 3. The fourth-order valence-electron chi connectivity index (χ4n) is 4.43. The van der Waals surface area contributed by atoms with E-state index < -0.39 is 0 Å². The van der Waals surface area contributed by atoms with Crippen LogP contribution in [0.15, 0.2) is 36.7 Å². The number of morpholine rings is 1. The fourth-order valence-corrected chi connectivity index (χ4v) is 4.63. The molecule has 2 aliphatic rings. The molecule has 1 unspecified atom stereocenters. The lowest BCUT2D eigenvalue weighted by molar-refractivity contribution is 0.122. The van der Waals surface area contributed by atoms with Crippen LogP contribution in [0.2, 0.25) is 5.02 Å². The second kappa shape index (κ2) is 8.85. The number of aryl methyl sites for hydroxylation is 1. The number of ether oxygens (including phenoxy) is 1. The zero-order chi connectivity index (χ0) is 23.0. The molecule has 9 heteroatoms. The lowest BCUT2D eigenvalue weighted by atomic mass is 9.85. The van der Waals surface area contributed by atoms with Crippen LogP contribution in [0.1, 0.15) is 24.6 Å². The van der Waals surface area contributed by atoms with Gasteiger partial charge in [0.05, 0.1) is 41.9 Å². The van der Waals surface area contributed by atoms with E-state index in [-0.39, 0.29) is 17.8 Å². The summed E-state index contributed by atoms with van der Waals surface area (Å²) in [5, 5.41) is 13.3. The summed E-state index contributed by atoms with van der Waals surface area (Å²) in [6.07, 6.45) is 5.15. The molecule has 0 spiro atoms. The number of nitrogens with zero attached hydrogens (tertiary/aromatic N) is 4. The van der Waals surface area contributed by atoms with Crippen molar-refractivity contribution in [3.8, 4) is 11.3 Å². The summed E-state index contributed by atoms with van der Waals surface area (Å²) in [6, 6.07) is 6.83. The molecule has 7 nitrogen and oxygen atoms in total. The van der Waals surface area contributed by atoms with Crippen LogP contribution < -0.4 is 10.2 Å². The molecule has 172 valence electrons. The van der Waals surface area contributed by atoms with Crippen LogP contribution in [0.5, 0.6) is 0 Å². The van der Waals surface area contributed by atoms with Crippen molar-refractivity contribution < 1.29 is 14.2 Å². The molecular weight excluding hydrogens is 445 g/mol. The Morgan fingerprint density at radius 1 is 1.24 bits per heavy atom. The summed E-state index contributed by atoms with van der Waals surface area (Å²) in [5.74, 6) is -0.0654. The molecule has 1 aliphatic heterocycles. The lowest BCUT2D eigenvalue weighted by Crippen LogP contribution is -2.36. The summed E-state index contributed by atoms with van der Waals surface area (Å²) >= 11 is 6.46. The standard InChI is InChI=1S/C24H25ClFN5O2/c1-24(14-32)4-2-20-16(24)10-15(13-28-20)19-3-5-27-23(29-19)30-21-12-18(26)22(11-17(21)25)31-6-8-33-9-7-31/h3,5,10-13,32H,2,4,6-9,14H2,1H3,(H,27,29,30). The van der Waals surface area contributed by atoms with Gasteiger partial charge in [-0.25, -0.2) is 14.4 Å². The van der Waals surface area contributed by atoms with E-state index in [0.29, 0.717) is 54.3 Å². The van der Waals surface area contributed by atoms with E-state index in [2.05, 4.69) is 20.3 Å². The Hall–Kier alpha value is -2.81. The number of pyridine rings is 1. The molecule has 1 atom stereocenters. The minimum atomic E-state index is -0.369. The predicted octanol–water partition coefficient (Wildman–Crippen LogP) is 4.11. The maximum absolute atomic E-state index is 14.8. The first-order chi connectivity index (χ1) is 16.0. The lowest BCUT2D eigenvalue weighted by Gasteiger charge is -2.29. The van der Waals surface area contributed by atoms with Gasteiger partial charge in [-0.3, -0.25) is 4.98 Å². The largest absolute Gasteiger partial charge is 0.395 e. The average Bonchev–Trinajstić information content (AvgIpc) is 3.18. The summed E-state index contributed by atoms with van der Waals surface area (Å²) < 4.78 is 20.2. The van der Waals surface area contributed by atoms with Gasteiger partial charge in [0, 0.05) is 48.2 Å².